The molecular formula is C22H21F6N2O4-. The minimum absolute atomic E-state index is 0.0427. The molecule has 2 amide bonds. The SMILES string of the molecule is O=C([O-])NCCC(=O)NCC(COCc1cc(C(F)(F)F)cc(C(F)(F)F)c1)c1ccccc1. The molecule has 2 aromatic carbocycles. The highest BCUT2D eigenvalue weighted by molar-refractivity contribution is 5.76. The first-order valence-electron chi connectivity index (χ1n) is 9.99. The van der Waals surface area contributed by atoms with Gasteiger partial charge in [0.25, 0.3) is 0 Å². The van der Waals surface area contributed by atoms with E-state index in [4.69, 9.17) is 4.74 Å². The van der Waals surface area contributed by atoms with Crippen molar-refractivity contribution >= 4 is 12.0 Å². The van der Waals surface area contributed by atoms with Crippen LogP contribution in [0.3, 0.4) is 0 Å². The highest BCUT2D eigenvalue weighted by Crippen LogP contribution is 2.36. The van der Waals surface area contributed by atoms with Gasteiger partial charge in [-0.1, -0.05) is 30.3 Å². The lowest BCUT2D eigenvalue weighted by Gasteiger charge is -2.19. The monoisotopic (exact) mass is 491 g/mol. The van der Waals surface area contributed by atoms with E-state index in [2.05, 4.69) is 5.32 Å². The van der Waals surface area contributed by atoms with Crippen LogP contribution in [0.4, 0.5) is 31.1 Å². The Balaban J connectivity index is 2.06. The van der Waals surface area contributed by atoms with E-state index in [0.717, 1.165) is 5.56 Å². The number of hydrogen-bond donors (Lipinski definition) is 2. The minimum atomic E-state index is -4.96. The summed E-state index contributed by atoms with van der Waals surface area (Å²) in [6, 6.07) is 9.87. The number of rotatable bonds is 10. The number of carbonyl (C=O) groups is 2. The van der Waals surface area contributed by atoms with Gasteiger partial charge in [0, 0.05) is 25.4 Å². The highest BCUT2D eigenvalue weighted by Gasteiger charge is 2.36. The van der Waals surface area contributed by atoms with Gasteiger partial charge in [-0.25, -0.2) is 0 Å². The first-order valence-corrected chi connectivity index (χ1v) is 9.99. The topological polar surface area (TPSA) is 90.5 Å². The largest absolute Gasteiger partial charge is 0.530 e. The first-order chi connectivity index (χ1) is 15.9. The van der Waals surface area contributed by atoms with E-state index >= 15 is 0 Å². The Labute approximate surface area is 190 Å². The van der Waals surface area contributed by atoms with Gasteiger partial charge in [0.1, 0.15) is 6.09 Å². The zero-order chi connectivity index (χ0) is 25.4. The molecule has 2 rings (SSSR count). The molecular weight excluding hydrogens is 470 g/mol. The Bertz CT molecular complexity index is 932. The third-order valence-corrected chi connectivity index (χ3v) is 4.67. The molecule has 0 aliphatic rings. The van der Waals surface area contributed by atoms with E-state index < -0.39 is 48.0 Å². The van der Waals surface area contributed by atoms with Crippen LogP contribution in [0.5, 0.6) is 0 Å². The average molecular weight is 491 g/mol. The van der Waals surface area contributed by atoms with E-state index in [1.54, 1.807) is 30.3 Å². The molecule has 1 unspecified atom stereocenters. The molecule has 186 valence electrons. The summed E-state index contributed by atoms with van der Waals surface area (Å²) in [5, 5.41) is 14.9. The molecule has 2 aromatic rings. The van der Waals surface area contributed by atoms with Gasteiger partial charge in [-0.2, -0.15) is 26.3 Å². The maximum atomic E-state index is 13.0. The number of hydrogen-bond acceptors (Lipinski definition) is 4. The average Bonchev–Trinajstić information content (AvgIpc) is 2.75. The van der Waals surface area contributed by atoms with Crippen LogP contribution in [0.25, 0.3) is 0 Å². The summed E-state index contributed by atoms with van der Waals surface area (Å²) in [5.41, 5.74) is -2.45. The maximum Gasteiger partial charge on any atom is 0.416 e. The normalized spacial score (nSPS) is 12.8. The van der Waals surface area contributed by atoms with E-state index in [1.807, 2.05) is 5.32 Å². The van der Waals surface area contributed by atoms with Crippen LogP contribution >= 0.6 is 0 Å². The molecule has 0 saturated carbocycles. The van der Waals surface area contributed by atoms with Gasteiger partial charge >= 0.3 is 12.4 Å². The predicted octanol–water partition coefficient (Wildman–Crippen LogP) is 3.46. The van der Waals surface area contributed by atoms with Gasteiger partial charge in [-0.15, -0.1) is 0 Å². The van der Waals surface area contributed by atoms with E-state index in [0.29, 0.717) is 12.1 Å². The second-order valence-electron chi connectivity index (χ2n) is 7.31. The van der Waals surface area contributed by atoms with Gasteiger partial charge < -0.3 is 25.3 Å². The third kappa shape index (κ3) is 8.93. The molecule has 2 N–H and O–H groups in total. The van der Waals surface area contributed by atoms with Crippen molar-refractivity contribution in [2.75, 3.05) is 19.7 Å². The number of carboxylic acid groups (broad SMARTS) is 1. The summed E-state index contributed by atoms with van der Waals surface area (Å²) >= 11 is 0. The number of alkyl halides is 6. The molecule has 6 nitrogen and oxygen atoms in total. The lowest BCUT2D eigenvalue weighted by molar-refractivity contribution is -0.250. The summed E-state index contributed by atoms with van der Waals surface area (Å²) in [6.07, 6.45) is -11.6. The Morgan fingerprint density at radius 2 is 1.50 bits per heavy atom. The van der Waals surface area contributed by atoms with Gasteiger partial charge in [0.2, 0.25) is 5.91 Å². The van der Waals surface area contributed by atoms with Crippen molar-refractivity contribution in [2.24, 2.45) is 0 Å². The molecule has 1 atom stereocenters. The van der Waals surface area contributed by atoms with Crippen LogP contribution < -0.4 is 15.7 Å². The predicted molar refractivity (Wildman–Crippen MR) is 106 cm³/mol. The lowest BCUT2D eigenvalue weighted by atomic mass is 10.00. The maximum absolute atomic E-state index is 13.0. The van der Waals surface area contributed by atoms with Crippen LogP contribution in [0.2, 0.25) is 0 Å². The molecule has 0 fully saturated rings. The minimum Gasteiger partial charge on any atom is -0.530 e. The van der Waals surface area contributed by atoms with Crippen molar-refractivity contribution in [3.05, 3.63) is 70.8 Å². The zero-order valence-corrected chi connectivity index (χ0v) is 17.6. The Morgan fingerprint density at radius 3 is 2.03 bits per heavy atom. The molecule has 0 aliphatic heterocycles. The fourth-order valence-corrected chi connectivity index (χ4v) is 3.02. The second kappa shape index (κ2) is 11.7. The molecule has 0 radical (unpaired) electrons. The van der Waals surface area contributed by atoms with Crippen molar-refractivity contribution in [3.63, 3.8) is 0 Å². The number of halogens is 6. The molecule has 0 aromatic heterocycles. The van der Waals surface area contributed by atoms with Crippen molar-refractivity contribution in [3.8, 4) is 0 Å². The fraction of sp³-hybridized carbons (Fsp3) is 0.364. The molecule has 0 heterocycles. The van der Waals surface area contributed by atoms with Gasteiger partial charge in [0.05, 0.1) is 24.3 Å². The number of nitrogens with one attached hydrogen (secondary N) is 2. The van der Waals surface area contributed by atoms with Crippen LogP contribution in [0.1, 0.15) is 34.6 Å². The molecule has 0 bridgehead atoms. The lowest BCUT2D eigenvalue weighted by Crippen LogP contribution is -2.39. The Morgan fingerprint density at radius 1 is 0.912 bits per heavy atom. The van der Waals surface area contributed by atoms with Crippen LogP contribution in [-0.4, -0.2) is 31.7 Å². The molecule has 0 spiro atoms. The number of amides is 2. The number of ether oxygens (including phenoxy) is 1. The standard InChI is InChI=1S/C22H22F6N2O4/c23-21(24,25)17-8-14(9-18(10-17)22(26,27)28)12-34-13-16(15-4-2-1-3-5-15)11-30-19(31)6-7-29-20(32)33/h1-5,8-10,16,29H,6-7,11-13H2,(H,30,31)(H,32,33)/p-1. The molecule has 0 saturated heterocycles. The number of carbonyl (C=O) groups excluding carboxylic acids is 2. The van der Waals surface area contributed by atoms with Gasteiger partial charge in [0.15, 0.2) is 0 Å². The smallest absolute Gasteiger partial charge is 0.416 e. The van der Waals surface area contributed by atoms with Crippen LogP contribution in [-0.2, 0) is 28.5 Å². The van der Waals surface area contributed by atoms with E-state index in [1.165, 1.54) is 0 Å². The summed E-state index contributed by atoms with van der Waals surface area (Å²) < 4.78 is 83.6. The van der Waals surface area contributed by atoms with Crippen molar-refractivity contribution in [1.82, 2.24) is 10.6 Å². The van der Waals surface area contributed by atoms with Gasteiger partial charge in [-0.05, 0) is 29.3 Å². The van der Waals surface area contributed by atoms with Crippen molar-refractivity contribution < 1.29 is 45.8 Å². The third-order valence-electron chi connectivity index (χ3n) is 4.67. The van der Waals surface area contributed by atoms with E-state index in [-0.39, 0.29) is 37.7 Å². The second-order valence-corrected chi connectivity index (χ2v) is 7.31. The Hall–Kier alpha value is -3.28. The Kier molecular flexibility index (Phi) is 9.30. The summed E-state index contributed by atoms with van der Waals surface area (Å²) in [7, 11) is 0. The molecule has 34 heavy (non-hydrogen) atoms. The number of benzene rings is 2. The van der Waals surface area contributed by atoms with E-state index in [9.17, 15) is 41.0 Å². The van der Waals surface area contributed by atoms with Crippen molar-refractivity contribution in [2.45, 2.75) is 31.3 Å². The summed E-state index contributed by atoms with van der Waals surface area (Å²) in [6.45, 7) is -0.735. The first kappa shape index (κ1) is 27.0. The molecule has 0 aliphatic carbocycles. The fourth-order valence-electron chi connectivity index (χ4n) is 3.02. The summed E-state index contributed by atoms with van der Waals surface area (Å²) in [4.78, 5) is 22.2. The van der Waals surface area contributed by atoms with Crippen molar-refractivity contribution in [1.29, 1.82) is 0 Å². The van der Waals surface area contributed by atoms with Crippen LogP contribution in [0, 0.1) is 0 Å². The zero-order valence-electron chi connectivity index (χ0n) is 17.6. The highest BCUT2D eigenvalue weighted by atomic mass is 19.4. The molecule has 12 heteroatoms. The van der Waals surface area contributed by atoms with Crippen LogP contribution in [0.15, 0.2) is 48.5 Å². The summed E-state index contributed by atoms with van der Waals surface area (Å²) in [5.74, 6) is -0.936. The van der Waals surface area contributed by atoms with Gasteiger partial charge in [-0.3, -0.25) is 4.79 Å². The quantitative estimate of drug-likeness (QED) is 0.498.